The minimum Gasteiger partial charge on any atom is -0.394 e. The van der Waals surface area contributed by atoms with Crippen molar-refractivity contribution < 1.29 is 15.0 Å². The van der Waals surface area contributed by atoms with Gasteiger partial charge >= 0.3 is 0 Å². The number of carbonyl (C=O) groups is 1. The number of rotatable bonds is 43. The standard InChI is InChI=1S/C55H93NO3/c1-3-5-7-9-11-13-15-17-19-21-23-25-27-29-30-32-34-36-38-40-42-44-46-48-50-54(58)53(52-57)56-55(59)51-49-47-45-43-41-39-37-35-33-31-28-26-24-22-20-18-16-14-12-10-8-6-4-2/h6,8,12,14,18,20,24,26,31-34,37,39-40,42,48,50,53-54,57-58H,3-5,7,9-11,13,15-17,19,21-23,25,27-30,35-36,38,41,43-47,49,51-52H2,1-2H3,(H,56,59)/b8-6-,14-12-,20-18-,26-24-,33-31-,34-32+,39-37-,42-40+,50-48+. The fourth-order valence-electron chi connectivity index (χ4n) is 6.74. The molecule has 0 aliphatic rings. The highest BCUT2D eigenvalue weighted by Crippen LogP contribution is 2.14. The maximum atomic E-state index is 12.4. The summed E-state index contributed by atoms with van der Waals surface area (Å²) in [5.41, 5.74) is 0. The Kier molecular flexibility index (Phi) is 46.9. The second-order valence-corrected chi connectivity index (χ2v) is 16.1. The maximum absolute atomic E-state index is 12.4. The molecule has 0 aliphatic carbocycles. The zero-order valence-corrected chi connectivity index (χ0v) is 38.5. The van der Waals surface area contributed by atoms with Gasteiger partial charge in [0.1, 0.15) is 0 Å². The molecule has 2 atom stereocenters. The summed E-state index contributed by atoms with van der Waals surface area (Å²) in [5, 5.41) is 23.0. The molecule has 0 rings (SSSR count). The molecule has 0 aromatic rings. The van der Waals surface area contributed by atoms with Gasteiger partial charge in [-0.15, -0.1) is 0 Å². The summed E-state index contributed by atoms with van der Waals surface area (Å²) in [5.74, 6) is -0.106. The first kappa shape index (κ1) is 56.1. The van der Waals surface area contributed by atoms with E-state index >= 15 is 0 Å². The number of carbonyl (C=O) groups excluding carboxylic acids is 1. The molecule has 0 bridgehead atoms. The van der Waals surface area contributed by atoms with Crippen LogP contribution in [-0.2, 0) is 4.79 Å². The van der Waals surface area contributed by atoms with Gasteiger partial charge in [0.15, 0.2) is 0 Å². The molecule has 0 heterocycles. The fraction of sp³-hybridized carbons (Fsp3) is 0.655. The highest BCUT2D eigenvalue weighted by Gasteiger charge is 2.17. The van der Waals surface area contributed by atoms with E-state index in [1.54, 1.807) is 6.08 Å². The molecule has 0 saturated heterocycles. The van der Waals surface area contributed by atoms with Crippen LogP contribution in [0.15, 0.2) is 109 Å². The third kappa shape index (κ3) is 46.0. The van der Waals surface area contributed by atoms with E-state index in [9.17, 15) is 15.0 Å². The van der Waals surface area contributed by atoms with Crippen LogP contribution in [0.1, 0.15) is 213 Å². The Balaban J connectivity index is 3.72. The molecule has 4 heteroatoms. The fourth-order valence-corrected chi connectivity index (χ4v) is 6.74. The quantitative estimate of drug-likeness (QED) is 0.0424. The van der Waals surface area contributed by atoms with Crippen molar-refractivity contribution in [2.45, 2.75) is 225 Å². The van der Waals surface area contributed by atoms with Gasteiger partial charge in [-0.05, 0) is 96.3 Å². The van der Waals surface area contributed by atoms with Crippen molar-refractivity contribution in [3.05, 3.63) is 109 Å². The number of hydrogen-bond donors (Lipinski definition) is 3. The minimum absolute atomic E-state index is 0.106. The average molecular weight is 816 g/mol. The summed E-state index contributed by atoms with van der Waals surface area (Å²) in [4.78, 5) is 12.4. The van der Waals surface area contributed by atoms with Gasteiger partial charge in [-0.3, -0.25) is 4.79 Å². The second kappa shape index (κ2) is 49.4. The van der Waals surface area contributed by atoms with Gasteiger partial charge in [0.25, 0.3) is 0 Å². The lowest BCUT2D eigenvalue weighted by Crippen LogP contribution is -2.45. The van der Waals surface area contributed by atoms with Crippen molar-refractivity contribution in [3.63, 3.8) is 0 Å². The largest absolute Gasteiger partial charge is 0.394 e. The second-order valence-electron chi connectivity index (χ2n) is 16.1. The van der Waals surface area contributed by atoms with Gasteiger partial charge in [0.2, 0.25) is 5.91 Å². The molecule has 0 radical (unpaired) electrons. The first-order valence-electron chi connectivity index (χ1n) is 24.6. The number of aliphatic hydroxyl groups is 2. The molecule has 3 N–H and O–H groups in total. The van der Waals surface area contributed by atoms with Crippen LogP contribution in [0.4, 0.5) is 0 Å². The molecule has 0 saturated carbocycles. The van der Waals surface area contributed by atoms with Gasteiger partial charge < -0.3 is 15.5 Å². The van der Waals surface area contributed by atoms with Gasteiger partial charge in [0.05, 0.1) is 18.8 Å². The van der Waals surface area contributed by atoms with E-state index in [2.05, 4.69) is 116 Å². The summed E-state index contributed by atoms with van der Waals surface area (Å²) >= 11 is 0. The van der Waals surface area contributed by atoms with Crippen LogP contribution in [0.25, 0.3) is 0 Å². The van der Waals surface area contributed by atoms with E-state index in [-0.39, 0.29) is 12.5 Å². The lowest BCUT2D eigenvalue weighted by molar-refractivity contribution is -0.123. The SMILES string of the molecule is CC/C=C\C/C=C\C/C=C\C/C=C\C/C=C\C/C=C\CCCCCCC(=O)NC(CO)C(O)/C=C/CC/C=C/CC/C=C/CCCCCCCCCCCCCCCC. The highest BCUT2D eigenvalue weighted by molar-refractivity contribution is 5.76. The van der Waals surface area contributed by atoms with Crippen LogP contribution in [0.3, 0.4) is 0 Å². The number of aliphatic hydroxyl groups excluding tert-OH is 2. The van der Waals surface area contributed by atoms with E-state index in [1.165, 1.54) is 96.3 Å². The molecule has 0 fully saturated rings. The number of nitrogens with one attached hydrogen (secondary N) is 1. The van der Waals surface area contributed by atoms with Gasteiger partial charge in [-0.25, -0.2) is 0 Å². The van der Waals surface area contributed by atoms with Crippen LogP contribution < -0.4 is 5.32 Å². The molecule has 336 valence electrons. The average Bonchev–Trinajstić information content (AvgIpc) is 3.24. The summed E-state index contributed by atoms with van der Waals surface area (Å²) in [7, 11) is 0. The highest BCUT2D eigenvalue weighted by atomic mass is 16.3. The summed E-state index contributed by atoms with van der Waals surface area (Å²) in [6.07, 6.45) is 75.0. The predicted molar refractivity (Wildman–Crippen MR) is 262 cm³/mol. The Bertz CT molecular complexity index is 1150. The molecule has 0 aromatic carbocycles. The number of hydrogen-bond acceptors (Lipinski definition) is 3. The zero-order chi connectivity index (χ0) is 42.8. The predicted octanol–water partition coefficient (Wildman–Crippen LogP) is 16.0. The number of amides is 1. The van der Waals surface area contributed by atoms with Gasteiger partial charge in [-0.1, -0.05) is 220 Å². The Labute approximate surface area is 366 Å². The van der Waals surface area contributed by atoms with Gasteiger partial charge in [0, 0.05) is 6.42 Å². The normalized spacial score (nSPS) is 13.9. The molecular weight excluding hydrogens is 723 g/mol. The molecule has 1 amide bonds. The third-order valence-corrected chi connectivity index (χ3v) is 10.5. The smallest absolute Gasteiger partial charge is 0.220 e. The molecule has 59 heavy (non-hydrogen) atoms. The first-order valence-corrected chi connectivity index (χ1v) is 24.6. The van der Waals surface area contributed by atoms with Crippen molar-refractivity contribution in [3.8, 4) is 0 Å². The first-order chi connectivity index (χ1) is 29.2. The number of allylic oxidation sites excluding steroid dienone is 17. The molecule has 4 nitrogen and oxygen atoms in total. The maximum Gasteiger partial charge on any atom is 0.220 e. The minimum atomic E-state index is -0.890. The molecular formula is C55H93NO3. The van der Waals surface area contributed by atoms with Crippen molar-refractivity contribution in [1.29, 1.82) is 0 Å². The van der Waals surface area contributed by atoms with Crippen LogP contribution >= 0.6 is 0 Å². The third-order valence-electron chi connectivity index (χ3n) is 10.5. The molecule has 0 spiro atoms. The Morgan fingerprint density at radius 1 is 0.424 bits per heavy atom. The van der Waals surface area contributed by atoms with Crippen molar-refractivity contribution in [2.75, 3.05) is 6.61 Å². The van der Waals surface area contributed by atoms with Crippen molar-refractivity contribution >= 4 is 5.91 Å². The topological polar surface area (TPSA) is 69.6 Å². The van der Waals surface area contributed by atoms with Crippen LogP contribution in [0.2, 0.25) is 0 Å². The van der Waals surface area contributed by atoms with E-state index in [0.29, 0.717) is 6.42 Å². The Morgan fingerprint density at radius 2 is 0.763 bits per heavy atom. The van der Waals surface area contributed by atoms with Crippen LogP contribution in [0, 0.1) is 0 Å². The Morgan fingerprint density at radius 3 is 1.19 bits per heavy atom. The molecule has 2 unspecified atom stereocenters. The summed E-state index contributed by atoms with van der Waals surface area (Å²) in [6.45, 7) is 4.17. The van der Waals surface area contributed by atoms with E-state index < -0.39 is 12.1 Å². The monoisotopic (exact) mass is 816 g/mol. The lowest BCUT2D eigenvalue weighted by atomic mass is 10.0. The van der Waals surface area contributed by atoms with Crippen LogP contribution in [0.5, 0.6) is 0 Å². The van der Waals surface area contributed by atoms with Gasteiger partial charge in [-0.2, -0.15) is 0 Å². The van der Waals surface area contributed by atoms with E-state index in [0.717, 1.165) is 96.3 Å². The van der Waals surface area contributed by atoms with Crippen molar-refractivity contribution in [2.24, 2.45) is 0 Å². The molecule has 0 aliphatic heterocycles. The van der Waals surface area contributed by atoms with E-state index in [1.807, 2.05) is 6.08 Å². The summed E-state index contributed by atoms with van der Waals surface area (Å²) in [6, 6.07) is -0.668. The number of unbranched alkanes of at least 4 members (excludes halogenated alkanes) is 20. The molecule has 0 aromatic heterocycles. The van der Waals surface area contributed by atoms with Crippen molar-refractivity contribution in [1.82, 2.24) is 5.32 Å². The summed E-state index contributed by atoms with van der Waals surface area (Å²) < 4.78 is 0. The Hall–Kier alpha value is -2.95. The van der Waals surface area contributed by atoms with Crippen LogP contribution in [-0.4, -0.2) is 34.9 Å². The lowest BCUT2D eigenvalue weighted by Gasteiger charge is -2.19. The zero-order valence-electron chi connectivity index (χ0n) is 38.5. The van der Waals surface area contributed by atoms with E-state index in [4.69, 9.17) is 0 Å².